The SMILES string of the molecule is CCCCCCCCCCCCN=C(N)N=C(N)Nc1ccccc1. The molecule has 5 heteroatoms. The summed E-state index contributed by atoms with van der Waals surface area (Å²) < 4.78 is 0. The van der Waals surface area contributed by atoms with Crippen molar-refractivity contribution in [3.05, 3.63) is 30.3 Å². The fourth-order valence-corrected chi connectivity index (χ4v) is 2.65. The Kier molecular flexibility index (Phi) is 12.0. The van der Waals surface area contributed by atoms with Gasteiger partial charge >= 0.3 is 0 Å². The fraction of sp³-hybridized carbons (Fsp3) is 0.600. The van der Waals surface area contributed by atoms with Gasteiger partial charge in [-0.05, 0) is 18.6 Å². The number of hydrogen-bond acceptors (Lipinski definition) is 1. The minimum absolute atomic E-state index is 0.233. The van der Waals surface area contributed by atoms with Gasteiger partial charge in [-0.1, -0.05) is 82.9 Å². The summed E-state index contributed by atoms with van der Waals surface area (Å²) in [5.41, 5.74) is 12.5. The molecule has 0 unspecified atom stereocenters. The predicted molar refractivity (Wildman–Crippen MR) is 110 cm³/mol. The molecule has 25 heavy (non-hydrogen) atoms. The highest BCUT2D eigenvalue weighted by atomic mass is 15.2. The van der Waals surface area contributed by atoms with E-state index in [1.165, 1.54) is 57.8 Å². The molecule has 0 radical (unpaired) electrons. The van der Waals surface area contributed by atoms with Gasteiger partial charge in [-0.25, -0.2) is 0 Å². The lowest BCUT2D eigenvalue weighted by Crippen LogP contribution is -2.26. The molecule has 1 aromatic rings. The van der Waals surface area contributed by atoms with Gasteiger partial charge in [0.05, 0.1) is 0 Å². The lowest BCUT2D eigenvalue weighted by molar-refractivity contribution is 0.558. The molecule has 0 saturated heterocycles. The van der Waals surface area contributed by atoms with E-state index in [4.69, 9.17) is 11.5 Å². The summed E-state index contributed by atoms with van der Waals surface area (Å²) in [5.74, 6) is 0.493. The van der Waals surface area contributed by atoms with Gasteiger partial charge < -0.3 is 16.8 Å². The molecule has 1 aromatic carbocycles. The summed E-state index contributed by atoms with van der Waals surface area (Å²) in [6.45, 7) is 2.97. The van der Waals surface area contributed by atoms with Crippen LogP contribution in [0.15, 0.2) is 40.3 Å². The van der Waals surface area contributed by atoms with Gasteiger partial charge in [0.1, 0.15) is 0 Å². The quantitative estimate of drug-likeness (QED) is 0.293. The molecule has 0 bridgehead atoms. The van der Waals surface area contributed by atoms with Crippen LogP contribution in [0.1, 0.15) is 71.1 Å². The van der Waals surface area contributed by atoms with E-state index in [9.17, 15) is 0 Å². The Morgan fingerprint density at radius 3 is 2.00 bits per heavy atom. The normalized spacial score (nSPS) is 12.4. The first kappa shape index (κ1) is 21.0. The van der Waals surface area contributed by atoms with E-state index in [-0.39, 0.29) is 11.9 Å². The molecule has 0 spiro atoms. The molecule has 0 aromatic heterocycles. The van der Waals surface area contributed by atoms with Crippen molar-refractivity contribution in [1.29, 1.82) is 0 Å². The summed E-state index contributed by atoms with van der Waals surface area (Å²) >= 11 is 0. The third-order valence-electron chi connectivity index (χ3n) is 4.07. The van der Waals surface area contributed by atoms with Gasteiger partial charge in [-0.2, -0.15) is 4.99 Å². The van der Waals surface area contributed by atoms with Gasteiger partial charge in [-0.3, -0.25) is 4.99 Å². The first-order valence-electron chi connectivity index (χ1n) is 9.68. The van der Waals surface area contributed by atoms with Crippen LogP contribution in [0.2, 0.25) is 0 Å². The third kappa shape index (κ3) is 12.0. The van der Waals surface area contributed by atoms with E-state index < -0.39 is 0 Å². The summed E-state index contributed by atoms with van der Waals surface area (Å²) in [4.78, 5) is 8.33. The number of nitrogens with two attached hydrogens (primary N) is 2. The number of hydrogen-bond donors (Lipinski definition) is 3. The molecular weight excluding hydrogens is 310 g/mol. The summed E-state index contributed by atoms with van der Waals surface area (Å²) in [5, 5.41) is 2.98. The zero-order chi connectivity index (χ0) is 18.2. The molecule has 0 saturated carbocycles. The molecule has 0 aliphatic carbocycles. The molecule has 0 aliphatic heterocycles. The summed E-state index contributed by atoms with van der Waals surface area (Å²) in [6, 6.07) is 9.64. The standard InChI is InChI=1S/C20H35N5/c1-2-3-4-5-6-7-8-9-10-14-17-23-19(21)25-20(22)24-18-15-12-11-13-16-18/h11-13,15-16H,2-10,14,17H2,1H3,(H5,21,22,23,24,25). The predicted octanol–water partition coefficient (Wildman–Crippen LogP) is 4.65. The van der Waals surface area contributed by atoms with E-state index in [1.807, 2.05) is 30.3 Å². The number of guanidine groups is 2. The third-order valence-corrected chi connectivity index (χ3v) is 4.07. The number of rotatable bonds is 12. The first-order valence-corrected chi connectivity index (χ1v) is 9.68. The molecule has 0 heterocycles. The lowest BCUT2D eigenvalue weighted by Gasteiger charge is -2.04. The summed E-state index contributed by atoms with van der Waals surface area (Å²) in [6.07, 6.45) is 13.1. The minimum Gasteiger partial charge on any atom is -0.369 e. The Labute approximate surface area is 153 Å². The highest BCUT2D eigenvalue weighted by molar-refractivity contribution is 6.00. The van der Waals surface area contributed by atoms with Crippen LogP contribution in [0.25, 0.3) is 0 Å². The first-order chi connectivity index (χ1) is 12.2. The van der Waals surface area contributed by atoms with Crippen LogP contribution < -0.4 is 16.8 Å². The van der Waals surface area contributed by atoms with Crippen molar-refractivity contribution in [2.75, 3.05) is 11.9 Å². The second-order valence-corrected chi connectivity index (χ2v) is 6.41. The van der Waals surface area contributed by atoms with Gasteiger partial charge in [0.2, 0.25) is 11.9 Å². The minimum atomic E-state index is 0.233. The fourth-order valence-electron chi connectivity index (χ4n) is 2.65. The summed E-state index contributed by atoms with van der Waals surface area (Å²) in [7, 11) is 0. The van der Waals surface area contributed by atoms with Crippen molar-refractivity contribution < 1.29 is 0 Å². The Bertz CT molecular complexity index is 496. The molecule has 0 amide bonds. The van der Waals surface area contributed by atoms with Crippen LogP contribution in [0.3, 0.4) is 0 Å². The van der Waals surface area contributed by atoms with Crippen molar-refractivity contribution in [3.8, 4) is 0 Å². The van der Waals surface area contributed by atoms with Crippen LogP contribution in [-0.4, -0.2) is 18.5 Å². The Morgan fingerprint density at radius 1 is 0.840 bits per heavy atom. The Balaban J connectivity index is 2.06. The zero-order valence-electron chi connectivity index (χ0n) is 15.7. The molecule has 140 valence electrons. The van der Waals surface area contributed by atoms with Crippen LogP contribution in [0.5, 0.6) is 0 Å². The van der Waals surface area contributed by atoms with Crippen LogP contribution in [-0.2, 0) is 0 Å². The van der Waals surface area contributed by atoms with E-state index in [1.54, 1.807) is 0 Å². The van der Waals surface area contributed by atoms with E-state index in [2.05, 4.69) is 22.2 Å². The Hall–Kier alpha value is -2.04. The van der Waals surface area contributed by atoms with Crippen molar-refractivity contribution >= 4 is 17.6 Å². The second kappa shape index (κ2) is 14.3. The van der Waals surface area contributed by atoms with Crippen LogP contribution >= 0.6 is 0 Å². The van der Waals surface area contributed by atoms with Crippen molar-refractivity contribution in [3.63, 3.8) is 0 Å². The van der Waals surface area contributed by atoms with E-state index >= 15 is 0 Å². The average molecular weight is 346 g/mol. The van der Waals surface area contributed by atoms with Crippen molar-refractivity contribution in [2.24, 2.45) is 21.5 Å². The number of para-hydroxylation sites is 1. The smallest absolute Gasteiger partial charge is 0.218 e. The zero-order valence-corrected chi connectivity index (χ0v) is 15.7. The van der Waals surface area contributed by atoms with E-state index in [0.717, 1.165) is 12.1 Å². The van der Waals surface area contributed by atoms with Gasteiger partial charge in [0.15, 0.2) is 0 Å². The maximum atomic E-state index is 5.81. The topological polar surface area (TPSA) is 88.8 Å². The van der Waals surface area contributed by atoms with Crippen molar-refractivity contribution in [2.45, 2.75) is 71.1 Å². The molecule has 5 nitrogen and oxygen atoms in total. The lowest BCUT2D eigenvalue weighted by atomic mass is 10.1. The maximum Gasteiger partial charge on any atom is 0.218 e. The average Bonchev–Trinajstić information content (AvgIpc) is 2.60. The molecule has 0 atom stereocenters. The number of nitrogens with one attached hydrogen (secondary N) is 1. The highest BCUT2D eigenvalue weighted by Gasteiger charge is 1.96. The number of anilines is 1. The highest BCUT2D eigenvalue weighted by Crippen LogP contribution is 2.10. The van der Waals surface area contributed by atoms with Crippen LogP contribution in [0, 0.1) is 0 Å². The van der Waals surface area contributed by atoms with Gasteiger partial charge in [0.25, 0.3) is 0 Å². The molecular formula is C20H35N5. The Morgan fingerprint density at radius 2 is 1.40 bits per heavy atom. The molecule has 0 fully saturated rings. The van der Waals surface area contributed by atoms with Crippen molar-refractivity contribution in [1.82, 2.24) is 0 Å². The largest absolute Gasteiger partial charge is 0.369 e. The monoisotopic (exact) mass is 345 g/mol. The number of aliphatic imine (C=N–C) groups is 2. The van der Waals surface area contributed by atoms with E-state index in [0.29, 0.717) is 6.54 Å². The molecule has 1 rings (SSSR count). The van der Waals surface area contributed by atoms with Crippen LogP contribution in [0.4, 0.5) is 5.69 Å². The van der Waals surface area contributed by atoms with Gasteiger partial charge in [0, 0.05) is 12.2 Å². The number of nitrogens with zero attached hydrogens (tertiary/aromatic N) is 2. The maximum absolute atomic E-state index is 5.81. The van der Waals surface area contributed by atoms with Gasteiger partial charge in [-0.15, -0.1) is 0 Å². The number of benzene rings is 1. The number of unbranched alkanes of at least 4 members (excludes halogenated alkanes) is 9. The molecule has 5 N–H and O–H groups in total. The second-order valence-electron chi connectivity index (χ2n) is 6.41. The molecule has 0 aliphatic rings.